The number of rotatable bonds is 2. The first kappa shape index (κ1) is 19.7. The molecule has 0 bridgehead atoms. The summed E-state index contributed by atoms with van der Waals surface area (Å²) in [5, 5.41) is 2.94. The highest BCUT2D eigenvalue weighted by Crippen LogP contribution is 2.27. The predicted molar refractivity (Wildman–Crippen MR) is 114 cm³/mol. The van der Waals surface area contributed by atoms with Crippen molar-refractivity contribution in [3.63, 3.8) is 0 Å². The molecule has 0 fully saturated rings. The van der Waals surface area contributed by atoms with Gasteiger partial charge in [0.15, 0.2) is 0 Å². The molecule has 0 atom stereocenters. The molecule has 5 nitrogen and oxygen atoms in total. The van der Waals surface area contributed by atoms with Crippen LogP contribution in [0.5, 0.6) is 0 Å². The van der Waals surface area contributed by atoms with Gasteiger partial charge in [-0.15, -0.1) is 0 Å². The van der Waals surface area contributed by atoms with Crippen molar-refractivity contribution in [1.29, 1.82) is 0 Å². The Morgan fingerprint density at radius 3 is 2.44 bits per heavy atom. The lowest BCUT2D eigenvalue weighted by Gasteiger charge is -2.24. The van der Waals surface area contributed by atoms with Gasteiger partial charge in [-0.3, -0.25) is 9.69 Å². The van der Waals surface area contributed by atoms with Crippen molar-refractivity contribution < 1.29 is 14.3 Å². The fraction of sp³-hybridized carbons (Fsp3) is 0.333. The third-order valence-electron chi connectivity index (χ3n) is 4.27. The lowest BCUT2D eigenvalue weighted by molar-refractivity contribution is 0.0241. The lowest BCUT2D eigenvalue weighted by Crippen LogP contribution is -2.33. The Bertz CT molecular complexity index is 903. The molecule has 2 aromatic rings. The zero-order valence-corrected chi connectivity index (χ0v) is 18.1. The fourth-order valence-corrected chi connectivity index (χ4v) is 3.38. The van der Waals surface area contributed by atoms with Gasteiger partial charge in [0.25, 0.3) is 5.91 Å². The number of aryl methyl sites for hydroxylation is 1. The van der Waals surface area contributed by atoms with E-state index in [4.69, 9.17) is 4.74 Å². The van der Waals surface area contributed by atoms with E-state index in [0.29, 0.717) is 18.7 Å². The molecular formula is C21H23IN2O3. The average molecular weight is 478 g/mol. The first-order valence-electron chi connectivity index (χ1n) is 8.79. The molecule has 0 saturated carbocycles. The minimum absolute atomic E-state index is 0.144. The van der Waals surface area contributed by atoms with E-state index in [9.17, 15) is 9.59 Å². The van der Waals surface area contributed by atoms with E-state index in [1.54, 1.807) is 4.90 Å². The maximum Gasteiger partial charge on any atom is 0.410 e. The summed E-state index contributed by atoms with van der Waals surface area (Å²) < 4.78 is 6.50. The number of fused-ring (bicyclic) bond motifs is 1. The zero-order valence-electron chi connectivity index (χ0n) is 15.9. The van der Waals surface area contributed by atoms with Gasteiger partial charge < -0.3 is 10.1 Å². The van der Waals surface area contributed by atoms with Crippen LogP contribution in [0.3, 0.4) is 0 Å². The van der Waals surface area contributed by atoms with E-state index in [-0.39, 0.29) is 12.0 Å². The van der Waals surface area contributed by atoms with E-state index < -0.39 is 5.60 Å². The minimum Gasteiger partial charge on any atom is -0.444 e. The second kappa shape index (κ2) is 7.50. The van der Waals surface area contributed by atoms with E-state index in [1.807, 2.05) is 64.1 Å². The predicted octanol–water partition coefficient (Wildman–Crippen LogP) is 5.10. The number of halogens is 1. The number of carbonyl (C=O) groups is 2. The topological polar surface area (TPSA) is 58.6 Å². The summed E-state index contributed by atoms with van der Waals surface area (Å²) in [6.07, 6.45) is -0.321. The summed E-state index contributed by atoms with van der Waals surface area (Å²) in [5.74, 6) is -0.144. The molecule has 0 spiro atoms. The monoisotopic (exact) mass is 478 g/mol. The number of hydrogen-bond acceptors (Lipinski definition) is 3. The quantitative estimate of drug-likeness (QED) is 0.611. The number of nitrogens with one attached hydrogen (secondary N) is 1. The maximum absolute atomic E-state index is 12.5. The number of benzene rings is 2. The summed E-state index contributed by atoms with van der Waals surface area (Å²) in [6.45, 7) is 8.58. The second-order valence-electron chi connectivity index (χ2n) is 7.74. The van der Waals surface area contributed by atoms with Crippen molar-refractivity contribution in [2.24, 2.45) is 0 Å². The summed E-state index contributed by atoms with van der Waals surface area (Å²) in [5.41, 5.74) is 4.07. The third kappa shape index (κ3) is 4.80. The summed E-state index contributed by atoms with van der Waals surface area (Å²) in [7, 11) is 0. The molecule has 2 aromatic carbocycles. The Balaban J connectivity index is 1.69. The summed E-state index contributed by atoms with van der Waals surface area (Å²) in [6, 6.07) is 11.4. The molecule has 3 rings (SSSR count). The molecule has 2 amide bonds. The summed E-state index contributed by atoms with van der Waals surface area (Å²) in [4.78, 5) is 26.4. The Hall–Kier alpha value is -2.09. The minimum atomic E-state index is -0.517. The number of anilines is 1. The molecule has 0 aromatic heterocycles. The van der Waals surface area contributed by atoms with Gasteiger partial charge in [-0.1, -0.05) is 12.1 Å². The van der Waals surface area contributed by atoms with Crippen molar-refractivity contribution in [3.8, 4) is 0 Å². The van der Waals surface area contributed by atoms with Crippen molar-refractivity contribution in [2.45, 2.75) is 46.4 Å². The van der Waals surface area contributed by atoms with Crippen LogP contribution in [0.15, 0.2) is 36.4 Å². The van der Waals surface area contributed by atoms with E-state index in [0.717, 1.165) is 25.9 Å². The third-order valence-corrected chi connectivity index (χ3v) is 5.43. The lowest BCUT2D eigenvalue weighted by atomic mass is 10.1. The van der Waals surface area contributed by atoms with Crippen LogP contribution in [-0.2, 0) is 17.8 Å². The van der Waals surface area contributed by atoms with Crippen molar-refractivity contribution in [3.05, 3.63) is 62.2 Å². The Morgan fingerprint density at radius 2 is 1.78 bits per heavy atom. The Labute approximate surface area is 173 Å². The fourth-order valence-electron chi connectivity index (χ4n) is 2.87. The normalized spacial score (nSPS) is 13.3. The average Bonchev–Trinajstić information content (AvgIpc) is 2.99. The van der Waals surface area contributed by atoms with Crippen LogP contribution in [0.4, 0.5) is 10.5 Å². The number of carbonyl (C=O) groups excluding carboxylic acids is 2. The number of amides is 2. The molecule has 1 aliphatic rings. The van der Waals surface area contributed by atoms with Gasteiger partial charge in [0, 0.05) is 27.9 Å². The van der Waals surface area contributed by atoms with E-state index in [2.05, 4.69) is 27.9 Å². The molecule has 0 aliphatic carbocycles. The van der Waals surface area contributed by atoms with Gasteiger partial charge in [-0.2, -0.15) is 0 Å². The first-order valence-corrected chi connectivity index (χ1v) is 9.87. The van der Waals surface area contributed by atoms with E-state index in [1.165, 1.54) is 0 Å². The molecule has 27 heavy (non-hydrogen) atoms. The number of nitrogens with zero attached hydrogens (tertiary/aromatic N) is 1. The van der Waals surface area contributed by atoms with Crippen LogP contribution in [0, 0.1) is 10.5 Å². The molecule has 6 heteroatoms. The molecule has 142 valence electrons. The van der Waals surface area contributed by atoms with E-state index >= 15 is 0 Å². The van der Waals surface area contributed by atoms with Crippen LogP contribution in [0.1, 0.15) is 47.8 Å². The number of ether oxygens (including phenoxy) is 1. The molecule has 1 aliphatic heterocycles. The molecular weight excluding hydrogens is 455 g/mol. The SMILES string of the molecule is Cc1ccc(C(=O)Nc2ccc3c(c2)CN(C(=O)OC(C)(C)C)C3)cc1I. The first-order chi connectivity index (χ1) is 12.6. The number of hydrogen-bond donors (Lipinski definition) is 1. The largest absolute Gasteiger partial charge is 0.444 e. The van der Waals surface area contributed by atoms with Crippen LogP contribution in [-0.4, -0.2) is 22.5 Å². The highest BCUT2D eigenvalue weighted by atomic mass is 127. The highest BCUT2D eigenvalue weighted by Gasteiger charge is 2.27. The van der Waals surface area contributed by atoms with Crippen LogP contribution in [0.2, 0.25) is 0 Å². The van der Waals surface area contributed by atoms with Crippen LogP contribution in [0.25, 0.3) is 0 Å². The van der Waals surface area contributed by atoms with Gasteiger partial charge >= 0.3 is 6.09 Å². The van der Waals surface area contributed by atoms with Crippen molar-refractivity contribution >= 4 is 40.3 Å². The molecule has 1 heterocycles. The Morgan fingerprint density at radius 1 is 1.07 bits per heavy atom. The smallest absolute Gasteiger partial charge is 0.410 e. The summed E-state index contributed by atoms with van der Waals surface area (Å²) >= 11 is 2.23. The van der Waals surface area contributed by atoms with Gasteiger partial charge in [0.05, 0.1) is 0 Å². The van der Waals surface area contributed by atoms with Gasteiger partial charge in [0.2, 0.25) is 0 Å². The Kier molecular flexibility index (Phi) is 5.46. The second-order valence-corrected chi connectivity index (χ2v) is 8.90. The molecule has 1 N–H and O–H groups in total. The van der Waals surface area contributed by atoms with Crippen LogP contribution >= 0.6 is 22.6 Å². The van der Waals surface area contributed by atoms with Gasteiger partial charge in [-0.05, 0) is 91.2 Å². The molecule has 0 unspecified atom stereocenters. The molecule has 0 saturated heterocycles. The zero-order chi connectivity index (χ0) is 19.8. The molecule has 0 radical (unpaired) electrons. The highest BCUT2D eigenvalue weighted by molar-refractivity contribution is 14.1. The standard InChI is InChI=1S/C21H23IN2O3/c1-13-5-6-14(10-18(13)22)19(25)23-17-8-7-15-11-24(12-16(15)9-17)20(26)27-21(2,3)4/h5-10H,11-12H2,1-4H3,(H,23,25). The van der Waals surface area contributed by atoms with Crippen molar-refractivity contribution in [2.75, 3.05) is 5.32 Å². The van der Waals surface area contributed by atoms with Crippen molar-refractivity contribution in [1.82, 2.24) is 4.90 Å². The maximum atomic E-state index is 12.5. The van der Waals surface area contributed by atoms with Gasteiger partial charge in [0.1, 0.15) is 5.60 Å². The van der Waals surface area contributed by atoms with Crippen LogP contribution < -0.4 is 5.32 Å². The van der Waals surface area contributed by atoms with Gasteiger partial charge in [-0.25, -0.2) is 4.79 Å².